The van der Waals surface area contributed by atoms with Crippen molar-refractivity contribution >= 4 is 29.1 Å². The first kappa shape index (κ1) is 18.1. The number of nitrogens with zero attached hydrogens (tertiary/aromatic N) is 4. The molecule has 1 atom stereocenters. The minimum Gasteiger partial charge on any atom is -0.462 e. The molecule has 26 heavy (non-hydrogen) atoms. The summed E-state index contributed by atoms with van der Waals surface area (Å²) in [7, 11) is 0. The Morgan fingerprint density at radius 2 is 2.15 bits per heavy atom. The average molecular weight is 362 g/mol. The van der Waals surface area contributed by atoms with Gasteiger partial charge in [-0.05, 0) is 25.7 Å². The summed E-state index contributed by atoms with van der Waals surface area (Å²) in [6.45, 7) is 1.91. The molecule has 3 rings (SSSR count). The summed E-state index contributed by atoms with van der Waals surface area (Å²) in [6.07, 6.45) is 5.09. The molecule has 4 N–H and O–H groups in total. The molecule has 1 aliphatic carbocycles. The lowest BCUT2D eigenvalue weighted by Gasteiger charge is -2.19. The van der Waals surface area contributed by atoms with Gasteiger partial charge in [0.15, 0.2) is 5.65 Å². The third-order valence-electron chi connectivity index (χ3n) is 4.24. The van der Waals surface area contributed by atoms with Crippen molar-refractivity contribution in [1.29, 1.82) is 0 Å². The van der Waals surface area contributed by atoms with Gasteiger partial charge in [-0.1, -0.05) is 0 Å². The number of fused-ring (bicyclic) bond motifs is 1. The number of anilines is 1. The number of hydrogen-bond acceptors (Lipinski definition) is 9. The molecule has 0 aliphatic heterocycles. The third-order valence-corrected chi connectivity index (χ3v) is 4.24. The second kappa shape index (κ2) is 7.24. The van der Waals surface area contributed by atoms with Gasteiger partial charge in [0.05, 0.1) is 12.5 Å². The van der Waals surface area contributed by atoms with E-state index in [1.165, 1.54) is 6.92 Å². The molecule has 0 amide bonds. The summed E-state index contributed by atoms with van der Waals surface area (Å²) in [5.74, 6) is -0.686. The van der Waals surface area contributed by atoms with E-state index in [-0.39, 0.29) is 12.6 Å². The van der Waals surface area contributed by atoms with Gasteiger partial charge < -0.3 is 25.5 Å². The van der Waals surface area contributed by atoms with Gasteiger partial charge in [0.1, 0.15) is 23.8 Å². The van der Waals surface area contributed by atoms with Gasteiger partial charge in [0, 0.05) is 13.5 Å². The van der Waals surface area contributed by atoms with E-state index in [4.69, 9.17) is 20.9 Å². The summed E-state index contributed by atoms with van der Waals surface area (Å²) >= 11 is 0. The Kier molecular flexibility index (Phi) is 5.03. The van der Waals surface area contributed by atoms with Gasteiger partial charge in [-0.3, -0.25) is 9.59 Å². The SMILES string of the molecule is CC(=O)OCC(CCCn1cnc2cnc(N)nc21)OC(=O)C1(N)CC1. The molecule has 2 aromatic heterocycles. The molecule has 1 aliphatic rings. The van der Waals surface area contributed by atoms with Crippen LogP contribution >= 0.6 is 0 Å². The Morgan fingerprint density at radius 3 is 2.85 bits per heavy atom. The highest BCUT2D eigenvalue weighted by Gasteiger charge is 2.48. The number of nitrogens with two attached hydrogens (primary N) is 2. The van der Waals surface area contributed by atoms with Crippen LogP contribution in [0.3, 0.4) is 0 Å². The van der Waals surface area contributed by atoms with Crippen LogP contribution in [0.25, 0.3) is 11.2 Å². The van der Waals surface area contributed by atoms with E-state index in [0.29, 0.717) is 43.4 Å². The topological polar surface area (TPSA) is 148 Å². The molecular weight excluding hydrogens is 340 g/mol. The lowest BCUT2D eigenvalue weighted by Crippen LogP contribution is -2.38. The molecule has 1 unspecified atom stereocenters. The number of imidazole rings is 1. The van der Waals surface area contributed by atoms with Crippen LogP contribution in [0.4, 0.5) is 5.95 Å². The zero-order chi connectivity index (χ0) is 18.7. The molecule has 1 fully saturated rings. The molecular formula is C16H22N6O4. The highest BCUT2D eigenvalue weighted by molar-refractivity contribution is 5.84. The minimum absolute atomic E-state index is 0.0109. The molecule has 2 heterocycles. The Morgan fingerprint density at radius 1 is 1.38 bits per heavy atom. The number of carbonyl (C=O) groups is 2. The molecule has 0 saturated heterocycles. The smallest absolute Gasteiger partial charge is 0.326 e. The highest BCUT2D eigenvalue weighted by atomic mass is 16.6. The van der Waals surface area contributed by atoms with Crippen molar-refractivity contribution < 1.29 is 19.1 Å². The van der Waals surface area contributed by atoms with Gasteiger partial charge in [-0.15, -0.1) is 0 Å². The molecule has 140 valence electrons. The van der Waals surface area contributed by atoms with Crippen LogP contribution in [-0.4, -0.2) is 49.7 Å². The van der Waals surface area contributed by atoms with Crippen LogP contribution in [0.1, 0.15) is 32.6 Å². The van der Waals surface area contributed by atoms with E-state index in [1.54, 1.807) is 12.5 Å². The number of carbonyl (C=O) groups excluding carboxylic acids is 2. The molecule has 0 bridgehead atoms. The van der Waals surface area contributed by atoms with Gasteiger partial charge in [-0.2, -0.15) is 4.98 Å². The number of aromatic nitrogens is 4. The molecule has 1 saturated carbocycles. The summed E-state index contributed by atoms with van der Waals surface area (Å²) < 4.78 is 12.3. The largest absolute Gasteiger partial charge is 0.462 e. The maximum atomic E-state index is 12.1. The van der Waals surface area contributed by atoms with Crippen LogP contribution in [0, 0.1) is 0 Å². The number of rotatable bonds is 8. The van der Waals surface area contributed by atoms with Crippen molar-refractivity contribution in [3.8, 4) is 0 Å². The Hall–Kier alpha value is -2.75. The number of ether oxygens (including phenoxy) is 2. The van der Waals surface area contributed by atoms with Crippen LogP contribution in [0.2, 0.25) is 0 Å². The normalized spacial score (nSPS) is 16.2. The van der Waals surface area contributed by atoms with E-state index in [0.717, 1.165) is 0 Å². The molecule has 10 heteroatoms. The van der Waals surface area contributed by atoms with Crippen molar-refractivity contribution in [3.63, 3.8) is 0 Å². The highest BCUT2D eigenvalue weighted by Crippen LogP contribution is 2.34. The lowest BCUT2D eigenvalue weighted by atomic mass is 10.2. The predicted molar refractivity (Wildman–Crippen MR) is 91.6 cm³/mol. The molecule has 0 aromatic carbocycles. The van der Waals surface area contributed by atoms with Crippen molar-refractivity contribution in [2.45, 2.75) is 50.8 Å². The van der Waals surface area contributed by atoms with Crippen LogP contribution in [0.5, 0.6) is 0 Å². The third kappa shape index (κ3) is 4.26. The fourth-order valence-corrected chi connectivity index (χ4v) is 2.52. The molecule has 10 nitrogen and oxygen atoms in total. The summed E-state index contributed by atoms with van der Waals surface area (Å²) in [4.78, 5) is 35.4. The second-order valence-electron chi connectivity index (χ2n) is 6.50. The summed E-state index contributed by atoms with van der Waals surface area (Å²) in [5, 5.41) is 0. The quantitative estimate of drug-likeness (QED) is 0.626. The lowest BCUT2D eigenvalue weighted by molar-refractivity contribution is -0.160. The van der Waals surface area contributed by atoms with Crippen LogP contribution in [-0.2, 0) is 25.6 Å². The zero-order valence-electron chi connectivity index (χ0n) is 14.6. The van der Waals surface area contributed by atoms with Gasteiger partial charge in [0.25, 0.3) is 0 Å². The monoisotopic (exact) mass is 362 g/mol. The molecule has 0 radical (unpaired) electrons. The van der Waals surface area contributed by atoms with E-state index in [2.05, 4.69) is 15.0 Å². The Labute approximate surface area is 149 Å². The molecule has 0 spiro atoms. The van der Waals surface area contributed by atoms with Crippen molar-refractivity contribution in [3.05, 3.63) is 12.5 Å². The minimum atomic E-state index is -0.872. The van der Waals surface area contributed by atoms with Gasteiger partial charge >= 0.3 is 11.9 Å². The van der Waals surface area contributed by atoms with Crippen molar-refractivity contribution in [2.75, 3.05) is 12.3 Å². The van der Waals surface area contributed by atoms with Gasteiger partial charge in [-0.25, -0.2) is 9.97 Å². The zero-order valence-corrected chi connectivity index (χ0v) is 14.6. The van der Waals surface area contributed by atoms with Crippen molar-refractivity contribution in [2.24, 2.45) is 5.73 Å². The Balaban J connectivity index is 1.58. The van der Waals surface area contributed by atoms with Gasteiger partial charge in [0.2, 0.25) is 5.95 Å². The first-order valence-electron chi connectivity index (χ1n) is 8.44. The van der Waals surface area contributed by atoms with E-state index >= 15 is 0 Å². The molecule has 2 aromatic rings. The summed E-state index contributed by atoms with van der Waals surface area (Å²) in [5.41, 5.74) is 11.9. The summed E-state index contributed by atoms with van der Waals surface area (Å²) in [6, 6.07) is 0. The number of nitrogen functional groups attached to an aromatic ring is 1. The first-order valence-corrected chi connectivity index (χ1v) is 8.44. The Bertz CT molecular complexity index is 816. The van der Waals surface area contributed by atoms with E-state index in [1.807, 2.05) is 4.57 Å². The van der Waals surface area contributed by atoms with Crippen LogP contribution in [0.15, 0.2) is 12.5 Å². The van der Waals surface area contributed by atoms with E-state index in [9.17, 15) is 9.59 Å². The maximum Gasteiger partial charge on any atom is 0.326 e. The maximum absolute atomic E-state index is 12.1. The number of hydrogen-bond donors (Lipinski definition) is 2. The van der Waals surface area contributed by atoms with Crippen LogP contribution < -0.4 is 11.5 Å². The number of aryl methyl sites for hydroxylation is 1. The second-order valence-corrected chi connectivity index (χ2v) is 6.50. The van der Waals surface area contributed by atoms with Crippen molar-refractivity contribution in [1.82, 2.24) is 19.5 Å². The fraction of sp³-hybridized carbons (Fsp3) is 0.562. The number of esters is 2. The average Bonchev–Trinajstić information content (AvgIpc) is 3.23. The first-order chi connectivity index (χ1) is 12.4. The predicted octanol–water partition coefficient (Wildman–Crippen LogP) is 0.155. The van der Waals surface area contributed by atoms with E-state index < -0.39 is 23.6 Å². The fourth-order valence-electron chi connectivity index (χ4n) is 2.52. The standard InChI is InChI=1S/C16H22N6O4/c1-10(23)25-8-11(26-14(24)16(18)4-5-16)3-2-6-22-9-20-12-7-19-15(17)21-13(12)22/h7,9,11H,2-6,8,18H2,1H3,(H2,17,19,21).